The van der Waals surface area contributed by atoms with Gasteiger partial charge in [0.1, 0.15) is 0 Å². The summed E-state index contributed by atoms with van der Waals surface area (Å²) in [5.41, 5.74) is 2.67. The molecule has 0 aromatic carbocycles. The van der Waals surface area contributed by atoms with Crippen molar-refractivity contribution in [2.24, 2.45) is 5.84 Å². The van der Waals surface area contributed by atoms with Gasteiger partial charge in [-0.25, -0.2) is 10.8 Å². The molecule has 2 aromatic rings. The van der Waals surface area contributed by atoms with E-state index in [-0.39, 0.29) is 18.3 Å². The summed E-state index contributed by atoms with van der Waals surface area (Å²) in [6.07, 6.45) is 1.54. The van der Waals surface area contributed by atoms with E-state index in [2.05, 4.69) is 41.8 Å². The molecule has 0 aliphatic carbocycles. The van der Waals surface area contributed by atoms with Crippen molar-refractivity contribution in [2.75, 3.05) is 5.43 Å². The molecule has 0 bridgehead atoms. The highest BCUT2D eigenvalue weighted by Crippen LogP contribution is 2.17. The van der Waals surface area contributed by atoms with Crippen LogP contribution in [0.3, 0.4) is 0 Å². The molecule has 0 aliphatic heterocycles. The molecular weight excluding hydrogens is 316 g/mol. The molecule has 100 valence electrons. The van der Waals surface area contributed by atoms with E-state index in [1.807, 2.05) is 0 Å². The Kier molecular flexibility index (Phi) is 4.07. The van der Waals surface area contributed by atoms with E-state index >= 15 is 0 Å². The van der Waals surface area contributed by atoms with Crippen LogP contribution in [0.25, 0.3) is 0 Å². The van der Waals surface area contributed by atoms with Gasteiger partial charge in [0, 0.05) is 10.7 Å². The number of hydrazine groups is 1. The second kappa shape index (κ2) is 5.76. The molecule has 2 aromatic heterocycles. The van der Waals surface area contributed by atoms with Crippen molar-refractivity contribution in [3.05, 3.63) is 34.0 Å². The summed E-state index contributed by atoms with van der Waals surface area (Å²) < 4.78 is 5.56. The normalized spacial score (nSPS) is 10.3. The Balaban J connectivity index is 2.09. The fourth-order valence-electron chi connectivity index (χ4n) is 1.39. The Labute approximate surface area is 116 Å². The predicted molar refractivity (Wildman–Crippen MR) is 70.0 cm³/mol. The Morgan fingerprint density at radius 2 is 2.37 bits per heavy atom. The lowest BCUT2D eigenvalue weighted by molar-refractivity contribution is 0.0946. The highest BCUT2D eigenvalue weighted by molar-refractivity contribution is 9.10. The van der Waals surface area contributed by atoms with Gasteiger partial charge in [-0.1, -0.05) is 5.16 Å². The molecular formula is C10H11BrN6O2. The first-order valence-corrected chi connectivity index (χ1v) is 6.09. The first-order chi connectivity index (χ1) is 9.10. The minimum Gasteiger partial charge on any atom is -0.343 e. The van der Waals surface area contributed by atoms with Crippen molar-refractivity contribution in [3.8, 4) is 0 Å². The molecule has 0 aliphatic rings. The van der Waals surface area contributed by atoms with Gasteiger partial charge < -0.3 is 15.3 Å². The maximum Gasteiger partial charge on any atom is 0.255 e. The highest BCUT2D eigenvalue weighted by atomic mass is 79.9. The van der Waals surface area contributed by atoms with Gasteiger partial charge in [0.25, 0.3) is 5.91 Å². The number of carbonyl (C=O) groups is 1. The maximum absolute atomic E-state index is 12.0. The van der Waals surface area contributed by atoms with Gasteiger partial charge >= 0.3 is 0 Å². The van der Waals surface area contributed by atoms with Crippen LogP contribution in [0.5, 0.6) is 0 Å². The molecule has 9 heteroatoms. The minimum absolute atomic E-state index is 0.135. The van der Waals surface area contributed by atoms with Crippen molar-refractivity contribution in [1.29, 1.82) is 0 Å². The van der Waals surface area contributed by atoms with E-state index in [9.17, 15) is 4.79 Å². The number of pyridine rings is 1. The predicted octanol–water partition coefficient (Wildman–Crippen LogP) is 0.751. The maximum atomic E-state index is 12.0. The average Bonchev–Trinajstić information content (AvgIpc) is 2.81. The zero-order valence-corrected chi connectivity index (χ0v) is 11.6. The van der Waals surface area contributed by atoms with E-state index in [1.165, 1.54) is 6.20 Å². The summed E-state index contributed by atoms with van der Waals surface area (Å²) in [7, 11) is 0. The number of aromatic nitrogens is 3. The van der Waals surface area contributed by atoms with Crippen LogP contribution in [-0.4, -0.2) is 21.0 Å². The molecule has 0 atom stereocenters. The first kappa shape index (κ1) is 13.4. The van der Waals surface area contributed by atoms with E-state index in [1.54, 1.807) is 13.0 Å². The molecule has 2 heterocycles. The van der Waals surface area contributed by atoms with E-state index < -0.39 is 0 Å². The number of hydrogen-bond donors (Lipinski definition) is 3. The largest absolute Gasteiger partial charge is 0.343 e. The van der Waals surface area contributed by atoms with Crippen molar-refractivity contribution >= 4 is 27.7 Å². The second-order valence-electron chi connectivity index (χ2n) is 3.61. The van der Waals surface area contributed by atoms with Crippen LogP contribution >= 0.6 is 15.9 Å². The summed E-state index contributed by atoms with van der Waals surface area (Å²) in [4.78, 5) is 20.0. The van der Waals surface area contributed by atoms with Crippen LogP contribution in [0.2, 0.25) is 0 Å². The van der Waals surface area contributed by atoms with E-state index in [4.69, 9.17) is 10.4 Å². The van der Waals surface area contributed by atoms with Crippen molar-refractivity contribution in [3.63, 3.8) is 0 Å². The zero-order chi connectivity index (χ0) is 13.8. The third-order valence-corrected chi connectivity index (χ3v) is 2.64. The van der Waals surface area contributed by atoms with Crippen LogP contribution in [0.1, 0.15) is 22.1 Å². The van der Waals surface area contributed by atoms with Crippen LogP contribution in [0, 0.1) is 6.92 Å². The monoisotopic (exact) mass is 326 g/mol. The molecule has 2 rings (SSSR count). The van der Waals surface area contributed by atoms with E-state index in [0.717, 1.165) is 0 Å². The molecule has 0 fully saturated rings. The summed E-state index contributed by atoms with van der Waals surface area (Å²) in [5.74, 6) is 6.07. The van der Waals surface area contributed by atoms with Crippen molar-refractivity contribution in [1.82, 2.24) is 20.4 Å². The Morgan fingerprint density at radius 3 is 3.00 bits per heavy atom. The summed E-state index contributed by atoms with van der Waals surface area (Å²) in [6.45, 7) is 1.83. The highest BCUT2D eigenvalue weighted by Gasteiger charge is 2.14. The standard InChI is InChI=1S/C10H11BrN6O2/c1-5-15-8(19-17-5)4-14-10(18)7-2-6(11)3-13-9(7)16-12/h2-3H,4,12H2,1H3,(H,13,16)(H,14,18). The van der Waals surface area contributed by atoms with Crippen LogP contribution in [0.4, 0.5) is 5.82 Å². The quantitative estimate of drug-likeness (QED) is 0.560. The lowest BCUT2D eigenvalue weighted by Gasteiger charge is -2.07. The fourth-order valence-corrected chi connectivity index (χ4v) is 1.72. The van der Waals surface area contributed by atoms with Gasteiger partial charge in [0.2, 0.25) is 5.89 Å². The Hall–Kier alpha value is -2.00. The van der Waals surface area contributed by atoms with Gasteiger partial charge in [-0.05, 0) is 28.9 Å². The number of rotatable bonds is 4. The average molecular weight is 327 g/mol. The number of aryl methyl sites for hydroxylation is 1. The molecule has 19 heavy (non-hydrogen) atoms. The number of amides is 1. The number of hydrogen-bond acceptors (Lipinski definition) is 7. The number of carbonyl (C=O) groups excluding carboxylic acids is 1. The summed E-state index contributed by atoms with van der Waals surface area (Å²) >= 11 is 3.24. The summed E-state index contributed by atoms with van der Waals surface area (Å²) in [5, 5.41) is 6.26. The second-order valence-corrected chi connectivity index (χ2v) is 4.53. The van der Waals surface area contributed by atoms with Gasteiger partial charge in [0.05, 0.1) is 12.1 Å². The lowest BCUT2D eigenvalue weighted by atomic mass is 10.2. The third-order valence-electron chi connectivity index (χ3n) is 2.21. The molecule has 0 spiro atoms. The smallest absolute Gasteiger partial charge is 0.255 e. The van der Waals surface area contributed by atoms with Crippen LogP contribution in [-0.2, 0) is 6.54 Å². The van der Waals surface area contributed by atoms with E-state index in [0.29, 0.717) is 21.8 Å². The molecule has 0 saturated carbocycles. The van der Waals surface area contributed by atoms with Gasteiger partial charge in [0.15, 0.2) is 11.6 Å². The number of nitrogen functional groups attached to an aromatic ring is 1. The van der Waals surface area contributed by atoms with Crippen LogP contribution in [0.15, 0.2) is 21.3 Å². The zero-order valence-electron chi connectivity index (χ0n) is 9.98. The number of nitrogens with zero attached hydrogens (tertiary/aromatic N) is 3. The van der Waals surface area contributed by atoms with Gasteiger partial charge in [-0.3, -0.25) is 4.79 Å². The van der Waals surface area contributed by atoms with Crippen molar-refractivity contribution < 1.29 is 9.32 Å². The molecule has 0 radical (unpaired) electrons. The molecule has 8 nitrogen and oxygen atoms in total. The van der Waals surface area contributed by atoms with Crippen molar-refractivity contribution in [2.45, 2.75) is 13.5 Å². The van der Waals surface area contributed by atoms with Gasteiger partial charge in [-0.2, -0.15) is 4.98 Å². The minimum atomic E-state index is -0.349. The summed E-state index contributed by atoms with van der Waals surface area (Å²) in [6, 6.07) is 1.61. The number of nitrogens with one attached hydrogen (secondary N) is 2. The Bertz CT molecular complexity index is 599. The molecule has 0 unspecified atom stereocenters. The number of nitrogens with two attached hydrogens (primary N) is 1. The molecule has 1 amide bonds. The number of halogens is 1. The SMILES string of the molecule is Cc1noc(CNC(=O)c2cc(Br)cnc2NN)n1. The first-order valence-electron chi connectivity index (χ1n) is 5.29. The lowest BCUT2D eigenvalue weighted by Crippen LogP contribution is -2.25. The Morgan fingerprint density at radius 1 is 1.58 bits per heavy atom. The fraction of sp³-hybridized carbons (Fsp3) is 0.200. The van der Waals surface area contributed by atoms with Gasteiger partial charge in [-0.15, -0.1) is 0 Å². The topological polar surface area (TPSA) is 119 Å². The van der Waals surface area contributed by atoms with Crippen LogP contribution < -0.4 is 16.6 Å². The molecule has 0 saturated heterocycles. The number of anilines is 1. The third kappa shape index (κ3) is 3.26. The molecule has 4 N–H and O–H groups in total.